The molecule has 9 nitrogen and oxygen atoms in total. The first-order valence-electron chi connectivity index (χ1n) is 11.1. The van der Waals surface area contributed by atoms with Crippen molar-refractivity contribution in [3.63, 3.8) is 0 Å². The van der Waals surface area contributed by atoms with Crippen LogP contribution in [-0.4, -0.2) is 70.9 Å². The van der Waals surface area contributed by atoms with Gasteiger partial charge in [0.2, 0.25) is 0 Å². The molecule has 0 aliphatic rings. The standard InChI is InChI=1S/C27H26O9/c28-21(16-34-25(31)18-10-4-1-5-11-18)23(29)24(30)22(36-27(33)20-14-8-3-9-15-20)17-35-26(32)19-12-6-2-7-13-19/h1-15,21-24,28-30H,16-17H2/t21-,22+,23-,24-/m1/s1. The third-order valence-electron chi connectivity index (χ3n) is 5.18. The fourth-order valence-corrected chi connectivity index (χ4v) is 3.16. The van der Waals surface area contributed by atoms with Crippen LogP contribution in [0.1, 0.15) is 31.1 Å². The first-order valence-corrected chi connectivity index (χ1v) is 11.1. The SMILES string of the molecule is O=C(OC[C@@H](O)[C@@H](O)[C@H](O)[C@H](COC(=O)c1ccccc1)OC(=O)c1ccccc1)c1ccccc1. The number of carbonyl (C=O) groups is 3. The molecule has 3 rings (SSSR count). The van der Waals surface area contributed by atoms with Crippen molar-refractivity contribution in [2.24, 2.45) is 0 Å². The molecule has 4 atom stereocenters. The third kappa shape index (κ3) is 7.47. The quantitative estimate of drug-likeness (QED) is 0.270. The number of ether oxygens (including phenoxy) is 3. The van der Waals surface area contributed by atoms with Crippen LogP contribution in [0.4, 0.5) is 0 Å². The van der Waals surface area contributed by atoms with E-state index in [-0.39, 0.29) is 16.7 Å². The van der Waals surface area contributed by atoms with Gasteiger partial charge in [-0.05, 0) is 36.4 Å². The molecule has 188 valence electrons. The van der Waals surface area contributed by atoms with Crippen LogP contribution < -0.4 is 0 Å². The highest BCUT2D eigenvalue weighted by Crippen LogP contribution is 2.14. The highest BCUT2D eigenvalue weighted by atomic mass is 16.6. The van der Waals surface area contributed by atoms with Gasteiger partial charge in [0.1, 0.15) is 31.5 Å². The van der Waals surface area contributed by atoms with Crippen LogP contribution in [-0.2, 0) is 14.2 Å². The second-order valence-corrected chi connectivity index (χ2v) is 7.79. The molecule has 0 aliphatic carbocycles. The van der Waals surface area contributed by atoms with Crippen LogP contribution in [0.15, 0.2) is 91.0 Å². The summed E-state index contributed by atoms with van der Waals surface area (Å²) in [5.74, 6) is -2.32. The lowest BCUT2D eigenvalue weighted by Crippen LogP contribution is -2.49. The first kappa shape index (κ1) is 26.6. The summed E-state index contributed by atoms with van der Waals surface area (Å²) >= 11 is 0. The van der Waals surface area contributed by atoms with Crippen LogP contribution in [0.3, 0.4) is 0 Å². The number of benzene rings is 3. The number of hydrogen-bond donors (Lipinski definition) is 3. The number of esters is 3. The van der Waals surface area contributed by atoms with Crippen molar-refractivity contribution in [3.8, 4) is 0 Å². The summed E-state index contributed by atoms with van der Waals surface area (Å²) in [5, 5.41) is 31.5. The lowest BCUT2D eigenvalue weighted by atomic mass is 10.0. The zero-order chi connectivity index (χ0) is 25.9. The van der Waals surface area contributed by atoms with Crippen LogP contribution in [0, 0.1) is 0 Å². The zero-order valence-corrected chi connectivity index (χ0v) is 19.2. The molecule has 0 fully saturated rings. The van der Waals surface area contributed by atoms with Crippen LogP contribution in [0.5, 0.6) is 0 Å². The Bertz CT molecular complexity index is 1120. The number of carbonyl (C=O) groups excluding carboxylic acids is 3. The number of aliphatic hydroxyl groups excluding tert-OH is 3. The van der Waals surface area contributed by atoms with Crippen molar-refractivity contribution in [1.82, 2.24) is 0 Å². The van der Waals surface area contributed by atoms with E-state index in [1.807, 2.05) is 0 Å². The predicted octanol–water partition coefficient (Wildman–Crippen LogP) is 2.01. The van der Waals surface area contributed by atoms with Gasteiger partial charge in [0.15, 0.2) is 6.10 Å². The van der Waals surface area contributed by atoms with Crippen molar-refractivity contribution < 1.29 is 43.9 Å². The normalized spacial score (nSPS) is 14.1. The summed E-state index contributed by atoms with van der Waals surface area (Å²) in [5.41, 5.74) is 0.631. The summed E-state index contributed by atoms with van der Waals surface area (Å²) in [4.78, 5) is 37.0. The minimum atomic E-state index is -1.91. The summed E-state index contributed by atoms with van der Waals surface area (Å²) in [7, 11) is 0. The topological polar surface area (TPSA) is 140 Å². The molecule has 0 heterocycles. The van der Waals surface area contributed by atoms with Gasteiger partial charge in [-0.25, -0.2) is 14.4 Å². The zero-order valence-electron chi connectivity index (χ0n) is 19.2. The molecule has 3 aromatic carbocycles. The van der Waals surface area contributed by atoms with Gasteiger partial charge in [-0.3, -0.25) is 0 Å². The number of hydrogen-bond acceptors (Lipinski definition) is 9. The molecule has 0 amide bonds. The van der Waals surface area contributed by atoms with Gasteiger partial charge in [0.25, 0.3) is 0 Å². The maximum absolute atomic E-state index is 12.6. The van der Waals surface area contributed by atoms with E-state index in [1.165, 1.54) is 36.4 Å². The van der Waals surface area contributed by atoms with Crippen molar-refractivity contribution in [2.75, 3.05) is 13.2 Å². The molecule has 9 heteroatoms. The Hall–Kier alpha value is -4.05. The molecular weight excluding hydrogens is 468 g/mol. The van der Waals surface area contributed by atoms with Gasteiger partial charge < -0.3 is 29.5 Å². The van der Waals surface area contributed by atoms with Crippen LogP contribution in [0.2, 0.25) is 0 Å². The Labute approximate surface area is 207 Å². The third-order valence-corrected chi connectivity index (χ3v) is 5.18. The second kappa shape index (κ2) is 13.1. The van der Waals surface area contributed by atoms with Gasteiger partial charge in [-0.1, -0.05) is 54.6 Å². The van der Waals surface area contributed by atoms with Crippen LogP contribution >= 0.6 is 0 Å². The minimum Gasteiger partial charge on any atom is -0.459 e. The van der Waals surface area contributed by atoms with E-state index in [4.69, 9.17) is 14.2 Å². The summed E-state index contributed by atoms with van der Waals surface area (Å²) in [6, 6.07) is 23.9. The molecule has 3 aromatic rings. The lowest BCUT2D eigenvalue weighted by molar-refractivity contribution is -0.128. The van der Waals surface area contributed by atoms with E-state index in [1.54, 1.807) is 54.6 Å². The maximum atomic E-state index is 12.6. The Balaban J connectivity index is 1.66. The number of aliphatic hydroxyl groups is 3. The Morgan fingerprint density at radius 1 is 0.556 bits per heavy atom. The molecule has 0 saturated heterocycles. The van der Waals surface area contributed by atoms with Gasteiger partial charge in [-0.2, -0.15) is 0 Å². The van der Waals surface area contributed by atoms with E-state index < -0.39 is 55.5 Å². The molecule has 0 aliphatic heterocycles. The van der Waals surface area contributed by atoms with Gasteiger partial charge in [-0.15, -0.1) is 0 Å². The van der Waals surface area contributed by atoms with Gasteiger partial charge in [0, 0.05) is 0 Å². The molecule has 0 unspecified atom stereocenters. The monoisotopic (exact) mass is 494 g/mol. The highest BCUT2D eigenvalue weighted by molar-refractivity contribution is 5.90. The second-order valence-electron chi connectivity index (χ2n) is 7.79. The molecule has 0 spiro atoms. The van der Waals surface area contributed by atoms with Crippen molar-refractivity contribution in [1.29, 1.82) is 0 Å². The maximum Gasteiger partial charge on any atom is 0.338 e. The average molecular weight is 494 g/mol. The fraction of sp³-hybridized carbons (Fsp3) is 0.222. The van der Waals surface area contributed by atoms with Gasteiger partial charge in [0.05, 0.1) is 16.7 Å². The average Bonchev–Trinajstić information content (AvgIpc) is 2.94. The fourth-order valence-electron chi connectivity index (χ4n) is 3.16. The summed E-state index contributed by atoms with van der Waals surface area (Å²) < 4.78 is 15.5. The van der Waals surface area contributed by atoms with E-state index in [0.29, 0.717) is 0 Å². The lowest BCUT2D eigenvalue weighted by Gasteiger charge is -2.29. The van der Waals surface area contributed by atoms with Crippen molar-refractivity contribution >= 4 is 17.9 Å². The molecule has 3 N–H and O–H groups in total. The minimum absolute atomic E-state index is 0.163. The van der Waals surface area contributed by atoms with E-state index >= 15 is 0 Å². The largest absolute Gasteiger partial charge is 0.459 e. The summed E-state index contributed by atoms with van der Waals surface area (Å²) in [6.45, 7) is -1.25. The predicted molar refractivity (Wildman–Crippen MR) is 127 cm³/mol. The molecule has 0 radical (unpaired) electrons. The first-order chi connectivity index (χ1) is 17.4. The van der Waals surface area contributed by atoms with Crippen molar-refractivity contribution in [3.05, 3.63) is 108 Å². The Morgan fingerprint density at radius 3 is 1.39 bits per heavy atom. The molecule has 36 heavy (non-hydrogen) atoms. The molecule has 0 aromatic heterocycles. The van der Waals surface area contributed by atoms with Crippen LogP contribution in [0.25, 0.3) is 0 Å². The van der Waals surface area contributed by atoms with E-state index in [2.05, 4.69) is 0 Å². The smallest absolute Gasteiger partial charge is 0.338 e. The van der Waals surface area contributed by atoms with Crippen molar-refractivity contribution in [2.45, 2.75) is 24.4 Å². The van der Waals surface area contributed by atoms with E-state index in [0.717, 1.165) is 0 Å². The molecule has 0 saturated carbocycles. The number of rotatable bonds is 11. The Morgan fingerprint density at radius 2 is 0.944 bits per heavy atom. The Kier molecular flexibility index (Phi) is 9.70. The highest BCUT2D eigenvalue weighted by Gasteiger charge is 2.36. The molecular formula is C27H26O9. The van der Waals surface area contributed by atoms with Gasteiger partial charge >= 0.3 is 17.9 Å². The summed E-state index contributed by atoms with van der Waals surface area (Å²) in [6.07, 6.45) is -7.06. The molecule has 0 bridgehead atoms. The van der Waals surface area contributed by atoms with E-state index in [9.17, 15) is 29.7 Å².